The average molecular weight is 600 g/mol. The van der Waals surface area contributed by atoms with Crippen LogP contribution in [-0.2, 0) is 19.1 Å². The number of carbonyl (C=O) groups is 3. The number of likely N-dealkylation sites (tertiary alicyclic amines) is 1. The van der Waals surface area contributed by atoms with Crippen LogP contribution < -0.4 is 0 Å². The van der Waals surface area contributed by atoms with Crippen LogP contribution in [0.1, 0.15) is 60.3 Å². The maximum Gasteiger partial charge on any atom is 0.310 e. The molecule has 1 spiro atoms. The first-order valence-corrected chi connectivity index (χ1v) is 15.0. The standard InChI is InChI=1S/C28H43BrN2O5S/c1-8-10-15-36-25(35)19-20-23(33)30(13-11-14-32)22(28(20)16-18(29)21(19)37-28)24(34)31(12-9-2)27(6,7)17-26(3,4)5/h8-9,18-22,32H,1-2,10-17H2,3-7H3/t18?,19-,20+,21-,22?,28?/m1/s1. The van der Waals surface area contributed by atoms with Crippen LogP contribution in [0, 0.1) is 17.3 Å². The van der Waals surface area contributed by atoms with Gasteiger partial charge >= 0.3 is 5.97 Å². The first-order chi connectivity index (χ1) is 17.3. The number of amides is 2. The van der Waals surface area contributed by atoms with Gasteiger partial charge in [-0.25, -0.2) is 0 Å². The molecule has 7 nitrogen and oxygen atoms in total. The van der Waals surface area contributed by atoms with Gasteiger partial charge in [-0.05, 0) is 44.9 Å². The molecule has 3 heterocycles. The van der Waals surface area contributed by atoms with E-state index in [1.165, 1.54) is 0 Å². The molecule has 0 aliphatic carbocycles. The van der Waals surface area contributed by atoms with Crippen LogP contribution in [0.3, 0.4) is 0 Å². The number of nitrogens with zero attached hydrogens (tertiary/aromatic N) is 2. The van der Waals surface area contributed by atoms with Crippen molar-refractivity contribution in [2.45, 2.75) is 86.7 Å². The fourth-order valence-corrected chi connectivity index (χ4v) is 10.4. The lowest BCUT2D eigenvalue weighted by Gasteiger charge is -2.46. The molecule has 2 amide bonds. The SMILES string of the molecule is C=CCCOC(=O)[C@H]1[C@@H]2SC3(CC2Br)C(C(=O)N(CC=C)C(C)(C)CC(C)(C)C)N(CCCO)C(=O)[C@H]13. The Morgan fingerprint density at radius 3 is 2.51 bits per heavy atom. The number of carbonyl (C=O) groups excluding carboxylic acids is 3. The number of aliphatic hydroxyl groups is 1. The Kier molecular flexibility index (Phi) is 9.33. The quantitative estimate of drug-likeness (QED) is 0.157. The van der Waals surface area contributed by atoms with Gasteiger partial charge in [-0.1, -0.05) is 48.9 Å². The highest BCUT2D eigenvalue weighted by Crippen LogP contribution is 2.68. The second-order valence-corrected chi connectivity index (χ2v) is 15.0. The molecule has 0 aromatic rings. The summed E-state index contributed by atoms with van der Waals surface area (Å²) in [5, 5.41) is 9.44. The van der Waals surface area contributed by atoms with Gasteiger partial charge in [-0.3, -0.25) is 14.4 Å². The third-order valence-electron chi connectivity index (χ3n) is 7.69. The largest absolute Gasteiger partial charge is 0.465 e. The smallest absolute Gasteiger partial charge is 0.310 e. The lowest BCUT2D eigenvalue weighted by Crippen LogP contribution is -2.60. The number of fused-ring (bicyclic) bond motifs is 1. The van der Waals surface area contributed by atoms with Gasteiger partial charge in [0.1, 0.15) is 6.04 Å². The number of alkyl halides is 1. The van der Waals surface area contributed by atoms with Gasteiger partial charge in [0, 0.05) is 35.3 Å². The van der Waals surface area contributed by atoms with Gasteiger partial charge < -0.3 is 19.6 Å². The van der Waals surface area contributed by atoms with Crippen LogP contribution in [0.4, 0.5) is 0 Å². The minimum absolute atomic E-state index is 0.0120. The Hall–Kier alpha value is -1.32. The highest BCUT2D eigenvalue weighted by molar-refractivity contribution is 9.09. The first-order valence-electron chi connectivity index (χ1n) is 13.2. The molecule has 0 saturated carbocycles. The number of ether oxygens (including phenoxy) is 1. The highest BCUT2D eigenvalue weighted by Gasteiger charge is 2.76. The van der Waals surface area contributed by atoms with E-state index in [9.17, 15) is 19.5 Å². The molecule has 37 heavy (non-hydrogen) atoms. The van der Waals surface area contributed by atoms with Crippen molar-refractivity contribution in [1.29, 1.82) is 0 Å². The fraction of sp³-hybridized carbons (Fsp3) is 0.750. The van der Waals surface area contributed by atoms with Gasteiger partial charge in [-0.2, -0.15) is 0 Å². The topological polar surface area (TPSA) is 87.2 Å². The van der Waals surface area contributed by atoms with Crippen LogP contribution in [0.2, 0.25) is 0 Å². The molecule has 3 aliphatic rings. The minimum Gasteiger partial charge on any atom is -0.465 e. The lowest BCUT2D eigenvalue weighted by atomic mass is 9.70. The summed E-state index contributed by atoms with van der Waals surface area (Å²) in [6.07, 6.45) is 5.72. The molecule has 3 rings (SSSR count). The zero-order valence-corrected chi connectivity index (χ0v) is 25.3. The monoisotopic (exact) mass is 598 g/mol. The van der Waals surface area contributed by atoms with Crippen molar-refractivity contribution in [1.82, 2.24) is 9.80 Å². The van der Waals surface area contributed by atoms with Crippen molar-refractivity contribution < 1.29 is 24.2 Å². The molecule has 3 fully saturated rings. The fourth-order valence-electron chi connectivity index (χ4n) is 6.80. The molecular weight excluding hydrogens is 556 g/mol. The van der Waals surface area contributed by atoms with Crippen LogP contribution in [0.5, 0.6) is 0 Å². The molecule has 1 N–H and O–H groups in total. The Bertz CT molecular complexity index is 919. The summed E-state index contributed by atoms with van der Waals surface area (Å²) in [4.78, 5) is 45.3. The second kappa shape index (κ2) is 11.4. The highest BCUT2D eigenvalue weighted by atomic mass is 79.9. The van der Waals surface area contributed by atoms with E-state index in [1.807, 2.05) is 4.90 Å². The molecular formula is C28H43BrN2O5S. The number of hydrogen-bond donors (Lipinski definition) is 1. The number of aliphatic hydroxyl groups excluding tert-OH is 1. The van der Waals surface area contributed by atoms with Crippen molar-refractivity contribution >= 4 is 45.5 Å². The van der Waals surface area contributed by atoms with Gasteiger partial charge in [0.05, 0.1) is 23.2 Å². The van der Waals surface area contributed by atoms with Crippen molar-refractivity contribution in [3.63, 3.8) is 0 Å². The Morgan fingerprint density at radius 2 is 1.95 bits per heavy atom. The molecule has 2 bridgehead atoms. The number of halogens is 1. The molecule has 0 aromatic carbocycles. The predicted molar refractivity (Wildman–Crippen MR) is 151 cm³/mol. The predicted octanol–water partition coefficient (Wildman–Crippen LogP) is 4.18. The number of hydrogen-bond acceptors (Lipinski definition) is 6. The van der Waals surface area contributed by atoms with Crippen molar-refractivity contribution in [2.24, 2.45) is 17.3 Å². The number of rotatable bonds is 12. The number of esters is 1. The molecule has 3 unspecified atom stereocenters. The second-order valence-electron chi connectivity index (χ2n) is 12.3. The number of thioether (sulfide) groups is 1. The summed E-state index contributed by atoms with van der Waals surface area (Å²) in [7, 11) is 0. The van der Waals surface area contributed by atoms with Crippen LogP contribution in [-0.4, -0.2) is 85.4 Å². The van der Waals surface area contributed by atoms with Crippen LogP contribution >= 0.6 is 27.7 Å². The van der Waals surface area contributed by atoms with Crippen molar-refractivity contribution in [2.75, 3.05) is 26.3 Å². The first kappa shape index (κ1) is 30.2. The minimum atomic E-state index is -0.734. The summed E-state index contributed by atoms with van der Waals surface area (Å²) in [5.74, 6) is -1.92. The van der Waals surface area contributed by atoms with Crippen molar-refractivity contribution in [3.05, 3.63) is 25.3 Å². The van der Waals surface area contributed by atoms with Gasteiger partial charge in [0.25, 0.3) is 0 Å². The molecule has 0 aromatic heterocycles. The normalized spacial score (nSPS) is 30.8. The lowest BCUT2D eigenvalue weighted by molar-refractivity contribution is -0.154. The van der Waals surface area contributed by atoms with E-state index in [4.69, 9.17) is 4.74 Å². The summed E-state index contributed by atoms with van der Waals surface area (Å²) in [6.45, 7) is 18.9. The molecule has 3 aliphatic heterocycles. The van der Waals surface area contributed by atoms with E-state index >= 15 is 0 Å². The summed E-state index contributed by atoms with van der Waals surface area (Å²) in [6, 6.07) is -0.725. The molecule has 208 valence electrons. The van der Waals surface area contributed by atoms with E-state index in [1.54, 1.807) is 28.8 Å². The van der Waals surface area contributed by atoms with E-state index in [2.05, 4.69) is 63.7 Å². The third-order valence-corrected chi connectivity index (χ3v) is 10.9. The molecule has 3 saturated heterocycles. The summed E-state index contributed by atoms with van der Waals surface area (Å²) < 4.78 is 4.83. The summed E-state index contributed by atoms with van der Waals surface area (Å²) in [5.41, 5.74) is -0.504. The van der Waals surface area contributed by atoms with E-state index in [-0.39, 0.29) is 53.0 Å². The molecule has 0 radical (unpaired) electrons. The maximum absolute atomic E-state index is 14.6. The summed E-state index contributed by atoms with van der Waals surface area (Å²) >= 11 is 5.38. The average Bonchev–Trinajstić information content (AvgIpc) is 3.37. The zero-order chi connectivity index (χ0) is 27.8. The third kappa shape index (κ3) is 5.69. The van der Waals surface area contributed by atoms with E-state index < -0.39 is 28.2 Å². The van der Waals surface area contributed by atoms with E-state index in [0.717, 1.165) is 6.42 Å². The van der Waals surface area contributed by atoms with Crippen LogP contribution in [0.25, 0.3) is 0 Å². The zero-order valence-electron chi connectivity index (χ0n) is 22.9. The Morgan fingerprint density at radius 1 is 1.27 bits per heavy atom. The Labute approximate surface area is 234 Å². The molecule has 9 heteroatoms. The van der Waals surface area contributed by atoms with Gasteiger partial charge in [0.2, 0.25) is 11.8 Å². The Balaban J connectivity index is 2.05. The van der Waals surface area contributed by atoms with Gasteiger partial charge in [-0.15, -0.1) is 24.9 Å². The van der Waals surface area contributed by atoms with Crippen LogP contribution in [0.15, 0.2) is 25.3 Å². The maximum atomic E-state index is 14.6. The van der Waals surface area contributed by atoms with Crippen molar-refractivity contribution in [3.8, 4) is 0 Å². The molecule has 6 atom stereocenters. The van der Waals surface area contributed by atoms with Gasteiger partial charge in [0.15, 0.2) is 0 Å². The van der Waals surface area contributed by atoms with E-state index in [0.29, 0.717) is 25.8 Å².